The van der Waals surface area contributed by atoms with E-state index in [0.29, 0.717) is 19.0 Å². The predicted octanol–water partition coefficient (Wildman–Crippen LogP) is 2.41. The second kappa shape index (κ2) is 11.7. The third kappa shape index (κ3) is 6.23. The lowest BCUT2D eigenvalue weighted by molar-refractivity contribution is -0.118. The Hall–Kier alpha value is -2.12. The number of para-hydroxylation sites is 1. The molecule has 0 spiro atoms. The fourth-order valence-electron chi connectivity index (χ4n) is 5.02. The van der Waals surface area contributed by atoms with E-state index in [1.165, 1.54) is 18.5 Å². The molecule has 176 valence electrons. The number of aliphatic imine (C=N–C) groups is 1. The van der Waals surface area contributed by atoms with Crippen molar-refractivity contribution >= 4 is 17.6 Å². The number of nitrogens with one attached hydrogen (secondary N) is 2. The van der Waals surface area contributed by atoms with E-state index in [1.807, 2.05) is 17.0 Å². The topological polar surface area (TPSA) is 69.2 Å². The standard InChI is InChI=1S/C25H39N5O2/c1-2-26-25(28-22-10-14-29(15-11-22)18-20-12-17-32-19-20)27-13-5-8-24(31)30-16-9-21-6-3-4-7-23(21)30/h3-4,6-7,20,22H,2,5,8-19H2,1H3,(H2,26,27,28). The highest BCUT2D eigenvalue weighted by molar-refractivity contribution is 5.95. The molecule has 1 atom stereocenters. The normalized spacial score (nSPS) is 22.2. The van der Waals surface area contributed by atoms with Crippen LogP contribution in [0.5, 0.6) is 0 Å². The monoisotopic (exact) mass is 441 g/mol. The Bertz CT molecular complexity index is 769. The number of nitrogens with zero attached hydrogens (tertiary/aromatic N) is 3. The van der Waals surface area contributed by atoms with Gasteiger partial charge < -0.3 is 25.2 Å². The molecule has 3 heterocycles. The Kier molecular flexibility index (Phi) is 8.40. The van der Waals surface area contributed by atoms with Gasteiger partial charge >= 0.3 is 0 Å². The molecule has 1 aromatic rings. The number of guanidine groups is 1. The van der Waals surface area contributed by atoms with Crippen molar-refractivity contribution in [2.75, 3.05) is 57.4 Å². The van der Waals surface area contributed by atoms with Gasteiger partial charge in [-0.25, -0.2) is 0 Å². The SMILES string of the molecule is CCNC(=NCCCC(=O)N1CCc2ccccc21)NC1CCN(CC2CCOC2)CC1. The van der Waals surface area contributed by atoms with Gasteiger partial charge in [0.1, 0.15) is 0 Å². The predicted molar refractivity (Wildman–Crippen MR) is 129 cm³/mol. The number of likely N-dealkylation sites (tertiary alicyclic amines) is 1. The van der Waals surface area contributed by atoms with Crippen molar-refractivity contribution in [3.63, 3.8) is 0 Å². The summed E-state index contributed by atoms with van der Waals surface area (Å²) in [7, 11) is 0. The van der Waals surface area contributed by atoms with Crippen molar-refractivity contribution in [1.29, 1.82) is 0 Å². The Morgan fingerprint density at radius 3 is 2.81 bits per heavy atom. The molecule has 32 heavy (non-hydrogen) atoms. The molecule has 0 saturated carbocycles. The zero-order chi connectivity index (χ0) is 22.2. The lowest BCUT2D eigenvalue weighted by atomic mass is 10.0. The minimum absolute atomic E-state index is 0.211. The van der Waals surface area contributed by atoms with Gasteiger partial charge in [0.2, 0.25) is 5.91 Å². The highest BCUT2D eigenvalue weighted by Gasteiger charge is 2.25. The molecule has 0 aromatic heterocycles. The zero-order valence-electron chi connectivity index (χ0n) is 19.5. The summed E-state index contributed by atoms with van der Waals surface area (Å²) in [6.07, 6.45) is 5.77. The number of piperidine rings is 1. The van der Waals surface area contributed by atoms with Crippen molar-refractivity contribution in [2.45, 2.75) is 51.5 Å². The van der Waals surface area contributed by atoms with E-state index in [9.17, 15) is 4.79 Å². The van der Waals surface area contributed by atoms with Crippen LogP contribution in [0.1, 0.15) is 44.6 Å². The lowest BCUT2D eigenvalue weighted by Crippen LogP contribution is -2.49. The van der Waals surface area contributed by atoms with Crippen LogP contribution in [0.3, 0.4) is 0 Å². The van der Waals surface area contributed by atoms with Crippen molar-refractivity contribution < 1.29 is 9.53 Å². The fourth-order valence-corrected chi connectivity index (χ4v) is 5.02. The third-order valence-electron chi connectivity index (χ3n) is 6.82. The van der Waals surface area contributed by atoms with Crippen LogP contribution in [0.2, 0.25) is 0 Å². The number of ether oxygens (including phenoxy) is 1. The van der Waals surface area contributed by atoms with E-state index < -0.39 is 0 Å². The maximum absolute atomic E-state index is 12.7. The number of carbonyl (C=O) groups is 1. The molecule has 3 aliphatic rings. The van der Waals surface area contributed by atoms with Crippen LogP contribution in [-0.2, 0) is 16.0 Å². The van der Waals surface area contributed by atoms with Crippen LogP contribution in [-0.4, -0.2) is 75.3 Å². The van der Waals surface area contributed by atoms with E-state index in [1.54, 1.807) is 0 Å². The lowest BCUT2D eigenvalue weighted by Gasteiger charge is -2.34. The first kappa shape index (κ1) is 23.1. The number of amides is 1. The van der Waals surface area contributed by atoms with Gasteiger partial charge in [0, 0.05) is 64.0 Å². The van der Waals surface area contributed by atoms with Crippen LogP contribution in [0.25, 0.3) is 0 Å². The van der Waals surface area contributed by atoms with E-state index in [0.717, 1.165) is 82.6 Å². The van der Waals surface area contributed by atoms with Crippen LogP contribution < -0.4 is 15.5 Å². The number of benzene rings is 1. The Labute approximate surface area is 192 Å². The molecule has 1 unspecified atom stereocenters. The maximum atomic E-state index is 12.7. The molecule has 1 aromatic carbocycles. The van der Waals surface area contributed by atoms with Gasteiger partial charge in [-0.3, -0.25) is 9.79 Å². The average Bonchev–Trinajstić information content (AvgIpc) is 3.48. The summed E-state index contributed by atoms with van der Waals surface area (Å²) in [5.74, 6) is 1.81. The highest BCUT2D eigenvalue weighted by atomic mass is 16.5. The van der Waals surface area contributed by atoms with Gasteiger partial charge in [-0.1, -0.05) is 18.2 Å². The molecule has 2 fully saturated rings. The van der Waals surface area contributed by atoms with Crippen LogP contribution in [0.15, 0.2) is 29.3 Å². The summed E-state index contributed by atoms with van der Waals surface area (Å²) in [4.78, 5) is 22.0. The molecule has 0 aliphatic carbocycles. The summed E-state index contributed by atoms with van der Waals surface area (Å²) in [5, 5.41) is 6.99. The van der Waals surface area contributed by atoms with Crippen molar-refractivity contribution in [2.24, 2.45) is 10.9 Å². The average molecular weight is 442 g/mol. The first-order valence-corrected chi connectivity index (χ1v) is 12.5. The van der Waals surface area contributed by atoms with Crippen LogP contribution in [0.4, 0.5) is 5.69 Å². The van der Waals surface area contributed by atoms with Crippen molar-refractivity contribution in [3.05, 3.63) is 29.8 Å². The molecule has 0 radical (unpaired) electrons. The molecular formula is C25H39N5O2. The van der Waals surface area contributed by atoms with Gasteiger partial charge in [0.25, 0.3) is 0 Å². The van der Waals surface area contributed by atoms with E-state index >= 15 is 0 Å². The first-order chi connectivity index (χ1) is 15.7. The minimum atomic E-state index is 0.211. The van der Waals surface area contributed by atoms with Gasteiger partial charge in [0.05, 0.1) is 6.61 Å². The van der Waals surface area contributed by atoms with E-state index in [-0.39, 0.29) is 5.91 Å². The van der Waals surface area contributed by atoms with E-state index in [4.69, 9.17) is 9.73 Å². The van der Waals surface area contributed by atoms with Crippen LogP contribution >= 0.6 is 0 Å². The Morgan fingerprint density at radius 1 is 1.19 bits per heavy atom. The van der Waals surface area contributed by atoms with Gasteiger partial charge in [-0.05, 0) is 56.6 Å². The smallest absolute Gasteiger partial charge is 0.227 e. The molecule has 4 rings (SSSR count). The highest BCUT2D eigenvalue weighted by Crippen LogP contribution is 2.28. The van der Waals surface area contributed by atoms with Gasteiger partial charge in [-0.2, -0.15) is 0 Å². The zero-order valence-corrected chi connectivity index (χ0v) is 19.5. The molecule has 0 bridgehead atoms. The summed E-state index contributed by atoms with van der Waals surface area (Å²) in [6.45, 7) is 9.72. The molecule has 2 saturated heterocycles. The van der Waals surface area contributed by atoms with Gasteiger partial charge in [0.15, 0.2) is 5.96 Å². The second-order valence-corrected chi connectivity index (χ2v) is 9.24. The number of fused-ring (bicyclic) bond motifs is 1. The second-order valence-electron chi connectivity index (χ2n) is 9.24. The van der Waals surface area contributed by atoms with Crippen molar-refractivity contribution in [3.8, 4) is 0 Å². The fraction of sp³-hybridized carbons (Fsp3) is 0.680. The maximum Gasteiger partial charge on any atom is 0.227 e. The Morgan fingerprint density at radius 2 is 2.03 bits per heavy atom. The van der Waals surface area contributed by atoms with Crippen LogP contribution in [0, 0.1) is 5.92 Å². The number of rotatable bonds is 8. The quantitative estimate of drug-likeness (QED) is 0.368. The molecule has 2 N–H and O–H groups in total. The summed E-state index contributed by atoms with van der Waals surface area (Å²) in [6, 6.07) is 8.70. The molecule has 7 nitrogen and oxygen atoms in total. The number of hydrogen-bond donors (Lipinski definition) is 2. The third-order valence-corrected chi connectivity index (χ3v) is 6.82. The minimum Gasteiger partial charge on any atom is -0.381 e. The van der Waals surface area contributed by atoms with Crippen molar-refractivity contribution in [1.82, 2.24) is 15.5 Å². The molecular weight excluding hydrogens is 402 g/mol. The Balaban J connectivity index is 1.18. The van der Waals surface area contributed by atoms with Gasteiger partial charge in [-0.15, -0.1) is 0 Å². The van der Waals surface area contributed by atoms with E-state index in [2.05, 4.69) is 34.6 Å². The largest absolute Gasteiger partial charge is 0.381 e. The summed E-state index contributed by atoms with van der Waals surface area (Å²) < 4.78 is 5.52. The number of hydrogen-bond acceptors (Lipinski definition) is 4. The summed E-state index contributed by atoms with van der Waals surface area (Å²) >= 11 is 0. The molecule has 3 aliphatic heterocycles. The molecule has 1 amide bonds. The summed E-state index contributed by atoms with van der Waals surface area (Å²) in [5.41, 5.74) is 2.36. The number of carbonyl (C=O) groups excluding carboxylic acids is 1. The first-order valence-electron chi connectivity index (χ1n) is 12.5. The molecule has 7 heteroatoms. The number of anilines is 1.